The molecule has 3 amide bonds. The van der Waals surface area contributed by atoms with Crippen molar-refractivity contribution in [2.45, 2.75) is 13.0 Å². The summed E-state index contributed by atoms with van der Waals surface area (Å²) in [5, 5.41) is 7.80. The SMILES string of the molecule is C=C1NC(=O)NC(C(=O)N[C@H](C)COc2ccc(OC)cc2Cl)=C1N. The van der Waals surface area contributed by atoms with Crippen molar-refractivity contribution in [3.05, 3.63) is 46.9 Å². The lowest BCUT2D eigenvalue weighted by molar-refractivity contribution is -0.118. The van der Waals surface area contributed by atoms with E-state index in [9.17, 15) is 9.59 Å². The van der Waals surface area contributed by atoms with Gasteiger partial charge in [0.2, 0.25) is 0 Å². The molecule has 0 radical (unpaired) electrons. The molecule has 2 rings (SSSR count). The first-order valence-electron chi connectivity index (χ1n) is 7.36. The largest absolute Gasteiger partial charge is 0.497 e. The van der Waals surface area contributed by atoms with Crippen LogP contribution in [-0.2, 0) is 4.79 Å². The third kappa shape index (κ3) is 4.57. The monoisotopic (exact) mass is 366 g/mol. The van der Waals surface area contributed by atoms with Crippen LogP contribution in [0.25, 0.3) is 0 Å². The number of urea groups is 1. The summed E-state index contributed by atoms with van der Waals surface area (Å²) in [6.45, 7) is 5.48. The number of carbonyl (C=O) groups is 2. The summed E-state index contributed by atoms with van der Waals surface area (Å²) in [4.78, 5) is 23.7. The second kappa shape index (κ2) is 7.80. The summed E-state index contributed by atoms with van der Waals surface area (Å²) in [6.07, 6.45) is 0. The van der Waals surface area contributed by atoms with Gasteiger partial charge in [0.05, 0.1) is 29.6 Å². The van der Waals surface area contributed by atoms with Gasteiger partial charge in [-0.1, -0.05) is 18.2 Å². The molecule has 0 aliphatic carbocycles. The van der Waals surface area contributed by atoms with Crippen LogP contribution in [-0.4, -0.2) is 31.7 Å². The molecule has 8 nitrogen and oxygen atoms in total. The molecule has 1 aliphatic rings. The fourth-order valence-electron chi connectivity index (χ4n) is 2.02. The second-order valence-electron chi connectivity index (χ2n) is 5.33. The number of hydrogen-bond acceptors (Lipinski definition) is 5. The molecule has 5 N–H and O–H groups in total. The van der Waals surface area contributed by atoms with Gasteiger partial charge >= 0.3 is 6.03 Å². The van der Waals surface area contributed by atoms with Gasteiger partial charge in [-0.25, -0.2) is 4.79 Å². The van der Waals surface area contributed by atoms with Gasteiger partial charge in [-0.05, 0) is 19.1 Å². The Balaban J connectivity index is 1.95. The predicted octanol–water partition coefficient (Wildman–Crippen LogP) is 1.23. The third-order valence-corrected chi connectivity index (χ3v) is 3.63. The van der Waals surface area contributed by atoms with Crippen LogP contribution in [0.15, 0.2) is 41.9 Å². The number of benzene rings is 1. The van der Waals surface area contributed by atoms with Gasteiger partial charge in [-0.15, -0.1) is 0 Å². The molecule has 1 atom stereocenters. The number of halogens is 1. The zero-order chi connectivity index (χ0) is 18.6. The summed E-state index contributed by atoms with van der Waals surface area (Å²) in [6, 6.07) is 4.07. The molecule has 0 spiro atoms. The van der Waals surface area contributed by atoms with E-state index in [0.717, 1.165) is 0 Å². The Kier molecular flexibility index (Phi) is 5.76. The highest BCUT2D eigenvalue weighted by Crippen LogP contribution is 2.28. The number of carbonyl (C=O) groups excluding carboxylic acids is 2. The van der Waals surface area contributed by atoms with Gasteiger partial charge in [0.15, 0.2) is 0 Å². The molecule has 0 bridgehead atoms. The average Bonchev–Trinajstić information content (AvgIpc) is 2.56. The van der Waals surface area contributed by atoms with Crippen molar-refractivity contribution in [1.82, 2.24) is 16.0 Å². The summed E-state index contributed by atoms with van der Waals surface area (Å²) in [5.74, 6) is 0.541. The maximum absolute atomic E-state index is 12.2. The number of hydrogen-bond donors (Lipinski definition) is 4. The van der Waals surface area contributed by atoms with E-state index in [2.05, 4.69) is 22.5 Å². The molecule has 9 heteroatoms. The fraction of sp³-hybridized carbons (Fsp3) is 0.250. The summed E-state index contributed by atoms with van der Waals surface area (Å²) in [5.41, 5.74) is 5.94. The Labute approximate surface area is 150 Å². The smallest absolute Gasteiger partial charge is 0.323 e. The maximum atomic E-state index is 12.2. The lowest BCUT2D eigenvalue weighted by Crippen LogP contribution is -2.49. The third-order valence-electron chi connectivity index (χ3n) is 3.33. The van der Waals surface area contributed by atoms with Crippen LogP contribution in [0.5, 0.6) is 11.5 Å². The van der Waals surface area contributed by atoms with Crippen LogP contribution in [0.1, 0.15) is 6.92 Å². The quantitative estimate of drug-likeness (QED) is 0.604. The van der Waals surface area contributed by atoms with E-state index < -0.39 is 11.9 Å². The summed E-state index contributed by atoms with van der Waals surface area (Å²) >= 11 is 6.09. The topological polar surface area (TPSA) is 115 Å². The maximum Gasteiger partial charge on any atom is 0.323 e. The van der Waals surface area contributed by atoms with Crippen molar-refractivity contribution in [2.24, 2.45) is 5.73 Å². The van der Waals surface area contributed by atoms with Gasteiger partial charge in [-0.3, -0.25) is 4.79 Å². The highest BCUT2D eigenvalue weighted by atomic mass is 35.5. The Morgan fingerprint density at radius 1 is 1.44 bits per heavy atom. The van der Waals surface area contributed by atoms with E-state index in [0.29, 0.717) is 16.5 Å². The van der Waals surface area contributed by atoms with Gasteiger partial charge in [0.1, 0.15) is 23.8 Å². The molecule has 0 saturated heterocycles. The molecule has 1 aromatic rings. The van der Waals surface area contributed by atoms with Crippen molar-refractivity contribution in [3.8, 4) is 11.5 Å². The second-order valence-corrected chi connectivity index (χ2v) is 5.74. The van der Waals surface area contributed by atoms with Crippen LogP contribution in [0.2, 0.25) is 5.02 Å². The molecule has 1 aliphatic heterocycles. The van der Waals surface area contributed by atoms with Crippen molar-refractivity contribution < 1.29 is 19.1 Å². The number of nitrogens with one attached hydrogen (secondary N) is 3. The van der Waals surface area contributed by atoms with Crippen LogP contribution in [0.3, 0.4) is 0 Å². The van der Waals surface area contributed by atoms with Crippen molar-refractivity contribution in [3.63, 3.8) is 0 Å². The van der Waals surface area contributed by atoms with Crippen LogP contribution in [0, 0.1) is 0 Å². The first-order valence-corrected chi connectivity index (χ1v) is 7.73. The van der Waals surface area contributed by atoms with Crippen molar-refractivity contribution in [1.29, 1.82) is 0 Å². The van der Waals surface area contributed by atoms with Gasteiger partial charge < -0.3 is 31.2 Å². The Hall–Kier alpha value is -2.87. The number of rotatable bonds is 6. The first-order chi connectivity index (χ1) is 11.8. The minimum absolute atomic E-state index is 0.0527. The van der Waals surface area contributed by atoms with Crippen LogP contribution >= 0.6 is 11.6 Å². The van der Waals surface area contributed by atoms with E-state index in [1.165, 1.54) is 0 Å². The first kappa shape index (κ1) is 18.5. The Morgan fingerprint density at radius 3 is 2.80 bits per heavy atom. The molecule has 0 aromatic heterocycles. The lowest BCUT2D eigenvalue weighted by Gasteiger charge is -2.22. The van der Waals surface area contributed by atoms with Gasteiger partial charge in [-0.2, -0.15) is 0 Å². The van der Waals surface area contributed by atoms with Crippen LogP contribution < -0.4 is 31.2 Å². The minimum Gasteiger partial charge on any atom is -0.497 e. The zero-order valence-electron chi connectivity index (χ0n) is 13.8. The van der Waals surface area contributed by atoms with Gasteiger partial charge in [0.25, 0.3) is 5.91 Å². The predicted molar refractivity (Wildman–Crippen MR) is 93.1 cm³/mol. The Morgan fingerprint density at radius 2 is 2.16 bits per heavy atom. The molecular formula is C16H19ClN4O4. The van der Waals surface area contributed by atoms with Crippen LogP contribution in [0.4, 0.5) is 4.79 Å². The van der Waals surface area contributed by atoms with E-state index in [1.54, 1.807) is 32.2 Å². The number of methoxy groups -OCH3 is 1. The molecule has 0 unspecified atom stereocenters. The van der Waals surface area contributed by atoms with E-state index in [4.69, 9.17) is 26.8 Å². The van der Waals surface area contributed by atoms with E-state index in [-0.39, 0.29) is 29.7 Å². The van der Waals surface area contributed by atoms with Gasteiger partial charge in [0, 0.05) is 6.07 Å². The average molecular weight is 367 g/mol. The molecule has 134 valence electrons. The molecule has 1 aromatic carbocycles. The molecule has 0 fully saturated rings. The summed E-state index contributed by atoms with van der Waals surface area (Å²) in [7, 11) is 1.54. The molecule has 1 heterocycles. The number of nitrogens with two attached hydrogens (primary N) is 1. The highest BCUT2D eigenvalue weighted by Gasteiger charge is 2.24. The molecular weight excluding hydrogens is 348 g/mol. The number of amides is 3. The molecule has 25 heavy (non-hydrogen) atoms. The normalized spacial score (nSPS) is 15.2. The lowest BCUT2D eigenvalue weighted by atomic mass is 10.2. The zero-order valence-corrected chi connectivity index (χ0v) is 14.6. The van der Waals surface area contributed by atoms with E-state index >= 15 is 0 Å². The number of ether oxygens (including phenoxy) is 2. The highest BCUT2D eigenvalue weighted by molar-refractivity contribution is 6.32. The standard InChI is InChI=1S/C16H19ClN4O4/c1-8(7-25-12-5-4-10(24-3)6-11(12)17)19-15(22)14-13(18)9(2)20-16(23)21-14/h4-6,8H,2,7,18H2,1,3H3,(H,19,22)(H2,20,21,23)/t8-/m1/s1. The van der Waals surface area contributed by atoms with Crippen molar-refractivity contribution >= 4 is 23.5 Å². The Bertz CT molecular complexity index is 748. The fourth-order valence-corrected chi connectivity index (χ4v) is 2.25. The minimum atomic E-state index is -0.571. The van der Waals surface area contributed by atoms with Crippen molar-refractivity contribution in [2.75, 3.05) is 13.7 Å². The summed E-state index contributed by atoms with van der Waals surface area (Å²) < 4.78 is 10.7. The molecule has 0 saturated carbocycles. The van der Waals surface area contributed by atoms with E-state index in [1.807, 2.05) is 0 Å².